The van der Waals surface area contributed by atoms with Gasteiger partial charge in [-0.2, -0.15) is 0 Å². The molecule has 1 saturated carbocycles. The van der Waals surface area contributed by atoms with Crippen LogP contribution in [0.3, 0.4) is 0 Å². The Morgan fingerprint density at radius 3 is 2.30 bits per heavy atom. The van der Waals surface area contributed by atoms with E-state index in [1.807, 2.05) is 30.3 Å². The Morgan fingerprint density at radius 2 is 1.67 bits per heavy atom. The lowest BCUT2D eigenvalue weighted by Crippen LogP contribution is -2.53. The second kappa shape index (κ2) is 11.4. The molecule has 1 atom stereocenters. The Hall–Kier alpha value is -2.77. The lowest BCUT2D eigenvalue weighted by Gasteiger charge is -2.26. The lowest BCUT2D eigenvalue weighted by molar-refractivity contribution is -0.124. The van der Waals surface area contributed by atoms with Gasteiger partial charge < -0.3 is 14.8 Å². The van der Waals surface area contributed by atoms with E-state index in [1.54, 1.807) is 20.8 Å². The fraction of sp³-hybridized carbons (Fsp3) is 0.591. The van der Waals surface area contributed by atoms with Gasteiger partial charge in [0.1, 0.15) is 18.2 Å². The van der Waals surface area contributed by atoms with Crippen molar-refractivity contribution in [2.24, 2.45) is 5.92 Å². The summed E-state index contributed by atoms with van der Waals surface area (Å²) in [7, 11) is 0. The van der Waals surface area contributed by atoms with Crippen LogP contribution < -0.4 is 16.2 Å². The van der Waals surface area contributed by atoms with Crippen LogP contribution in [0.4, 0.5) is 9.59 Å². The molecule has 0 saturated heterocycles. The molecule has 1 fully saturated rings. The van der Waals surface area contributed by atoms with Gasteiger partial charge in [-0.3, -0.25) is 10.2 Å². The third-order valence-corrected chi connectivity index (χ3v) is 4.80. The van der Waals surface area contributed by atoms with E-state index in [2.05, 4.69) is 16.2 Å². The normalized spacial score (nSPS) is 15.6. The number of alkyl carbamates (subject to hydrolysis) is 1. The molecule has 8 heteroatoms. The van der Waals surface area contributed by atoms with E-state index in [1.165, 1.54) is 6.42 Å². The molecule has 2 rings (SSSR count). The molecule has 3 amide bonds. The summed E-state index contributed by atoms with van der Waals surface area (Å²) in [6.07, 6.45) is 4.52. The Bertz CT molecular complexity index is 696. The number of nitrogens with one attached hydrogen (secondary N) is 3. The van der Waals surface area contributed by atoms with E-state index >= 15 is 0 Å². The van der Waals surface area contributed by atoms with Gasteiger partial charge in [-0.15, -0.1) is 0 Å². The second-order valence-electron chi connectivity index (χ2n) is 8.61. The van der Waals surface area contributed by atoms with E-state index in [9.17, 15) is 14.4 Å². The SMILES string of the molecule is CC(C)(C)OC(=O)NNC(=O)[C@H](CC1CCCCC1)NC(=O)OCc1ccccc1. The van der Waals surface area contributed by atoms with E-state index in [4.69, 9.17) is 9.47 Å². The van der Waals surface area contributed by atoms with Crippen LogP contribution in [0.25, 0.3) is 0 Å². The molecule has 0 aliphatic heterocycles. The summed E-state index contributed by atoms with van der Waals surface area (Å²) in [5, 5.41) is 2.64. The van der Waals surface area contributed by atoms with E-state index in [0.717, 1.165) is 31.2 Å². The Kier molecular flexibility index (Phi) is 8.95. The summed E-state index contributed by atoms with van der Waals surface area (Å²) in [5.41, 5.74) is 4.74. The molecule has 30 heavy (non-hydrogen) atoms. The summed E-state index contributed by atoms with van der Waals surface area (Å²) in [6, 6.07) is 8.49. The van der Waals surface area contributed by atoms with E-state index < -0.39 is 29.7 Å². The van der Waals surface area contributed by atoms with E-state index in [0.29, 0.717) is 12.3 Å². The average Bonchev–Trinajstić information content (AvgIpc) is 2.70. The minimum Gasteiger partial charge on any atom is -0.445 e. The van der Waals surface area contributed by atoms with Crippen molar-refractivity contribution in [1.82, 2.24) is 16.2 Å². The van der Waals surface area contributed by atoms with Crippen LogP contribution >= 0.6 is 0 Å². The molecule has 3 N–H and O–H groups in total. The van der Waals surface area contributed by atoms with Crippen LogP contribution in [-0.2, 0) is 20.9 Å². The zero-order valence-corrected chi connectivity index (χ0v) is 18.0. The fourth-order valence-corrected chi connectivity index (χ4v) is 3.40. The zero-order valence-electron chi connectivity index (χ0n) is 18.0. The van der Waals surface area contributed by atoms with Gasteiger partial charge in [0, 0.05) is 0 Å². The van der Waals surface area contributed by atoms with Crippen LogP contribution in [0.2, 0.25) is 0 Å². The van der Waals surface area contributed by atoms with Gasteiger partial charge in [0.05, 0.1) is 0 Å². The van der Waals surface area contributed by atoms with Gasteiger partial charge in [-0.05, 0) is 38.7 Å². The smallest absolute Gasteiger partial charge is 0.426 e. The third kappa shape index (κ3) is 9.15. The molecule has 0 bridgehead atoms. The largest absolute Gasteiger partial charge is 0.445 e. The number of carbonyl (C=O) groups excluding carboxylic acids is 3. The highest BCUT2D eigenvalue weighted by Crippen LogP contribution is 2.27. The number of hydrogen-bond donors (Lipinski definition) is 3. The maximum Gasteiger partial charge on any atom is 0.426 e. The van der Waals surface area contributed by atoms with Gasteiger partial charge in [-0.25, -0.2) is 15.0 Å². The number of amides is 3. The molecule has 8 nitrogen and oxygen atoms in total. The molecule has 0 aromatic heterocycles. The molecule has 1 aliphatic carbocycles. The minimum atomic E-state index is -0.814. The molecular formula is C22H33N3O5. The Labute approximate surface area is 178 Å². The Morgan fingerprint density at radius 1 is 1.00 bits per heavy atom. The summed E-state index contributed by atoms with van der Waals surface area (Å²) in [4.78, 5) is 36.7. The standard InChI is InChI=1S/C22H33N3O5/c1-22(2,3)30-21(28)25-24-19(26)18(14-16-10-6-4-7-11-16)23-20(27)29-15-17-12-8-5-9-13-17/h5,8-9,12-13,16,18H,4,6-7,10-11,14-15H2,1-3H3,(H,23,27)(H,24,26)(H,25,28)/t18-/m0/s1. The maximum atomic E-state index is 12.6. The highest BCUT2D eigenvalue weighted by molar-refractivity contribution is 5.86. The molecule has 1 aliphatic rings. The number of benzene rings is 1. The topological polar surface area (TPSA) is 106 Å². The first-order valence-corrected chi connectivity index (χ1v) is 10.5. The van der Waals surface area contributed by atoms with Crippen molar-refractivity contribution in [1.29, 1.82) is 0 Å². The third-order valence-electron chi connectivity index (χ3n) is 4.80. The van der Waals surface area contributed by atoms with Crippen molar-refractivity contribution in [3.05, 3.63) is 35.9 Å². The summed E-state index contributed by atoms with van der Waals surface area (Å²) >= 11 is 0. The van der Waals surface area contributed by atoms with Crippen LogP contribution in [-0.4, -0.2) is 29.7 Å². The molecule has 0 spiro atoms. The first-order valence-electron chi connectivity index (χ1n) is 10.5. The second-order valence-corrected chi connectivity index (χ2v) is 8.61. The minimum absolute atomic E-state index is 0.112. The molecular weight excluding hydrogens is 386 g/mol. The molecule has 0 heterocycles. The first kappa shape index (κ1) is 23.5. The zero-order chi connectivity index (χ0) is 22.0. The first-order chi connectivity index (χ1) is 14.2. The quantitative estimate of drug-likeness (QED) is 0.608. The van der Waals surface area contributed by atoms with Gasteiger partial charge in [-0.1, -0.05) is 62.4 Å². The number of carbonyl (C=O) groups is 3. The van der Waals surface area contributed by atoms with Crippen LogP contribution in [0.15, 0.2) is 30.3 Å². The fourth-order valence-electron chi connectivity index (χ4n) is 3.40. The lowest BCUT2D eigenvalue weighted by atomic mass is 9.84. The van der Waals surface area contributed by atoms with Gasteiger partial charge in [0.15, 0.2) is 0 Å². The number of hydrazine groups is 1. The van der Waals surface area contributed by atoms with Crippen molar-refractivity contribution in [2.45, 2.75) is 77.5 Å². The highest BCUT2D eigenvalue weighted by atomic mass is 16.6. The number of ether oxygens (including phenoxy) is 2. The van der Waals surface area contributed by atoms with Gasteiger partial charge in [0.2, 0.25) is 0 Å². The van der Waals surface area contributed by atoms with Gasteiger partial charge in [0.25, 0.3) is 5.91 Å². The summed E-state index contributed by atoms with van der Waals surface area (Å²) < 4.78 is 10.4. The average molecular weight is 420 g/mol. The Balaban J connectivity index is 1.90. The highest BCUT2D eigenvalue weighted by Gasteiger charge is 2.27. The van der Waals surface area contributed by atoms with Crippen molar-refractivity contribution in [3.63, 3.8) is 0 Å². The monoisotopic (exact) mass is 419 g/mol. The molecule has 0 unspecified atom stereocenters. The molecule has 0 radical (unpaired) electrons. The van der Waals surface area contributed by atoms with Gasteiger partial charge >= 0.3 is 12.2 Å². The number of hydrogen-bond acceptors (Lipinski definition) is 5. The van der Waals surface area contributed by atoms with Crippen LogP contribution in [0.5, 0.6) is 0 Å². The molecule has 1 aromatic rings. The van der Waals surface area contributed by atoms with Crippen molar-refractivity contribution >= 4 is 18.1 Å². The predicted octanol–water partition coefficient (Wildman–Crippen LogP) is 3.81. The molecule has 166 valence electrons. The van der Waals surface area contributed by atoms with Crippen molar-refractivity contribution in [2.75, 3.05) is 0 Å². The van der Waals surface area contributed by atoms with Crippen molar-refractivity contribution in [3.8, 4) is 0 Å². The number of rotatable bonds is 6. The molecule has 1 aromatic carbocycles. The van der Waals surface area contributed by atoms with Crippen LogP contribution in [0.1, 0.15) is 64.9 Å². The predicted molar refractivity (Wildman–Crippen MR) is 112 cm³/mol. The summed E-state index contributed by atoms with van der Waals surface area (Å²) in [6.45, 7) is 5.29. The maximum absolute atomic E-state index is 12.6. The van der Waals surface area contributed by atoms with Crippen LogP contribution in [0, 0.1) is 5.92 Å². The van der Waals surface area contributed by atoms with Crippen molar-refractivity contribution < 1.29 is 23.9 Å². The summed E-state index contributed by atoms with van der Waals surface area (Å²) in [5.74, 6) is -0.173. The van der Waals surface area contributed by atoms with E-state index in [-0.39, 0.29) is 6.61 Å².